The van der Waals surface area contributed by atoms with E-state index in [4.69, 9.17) is 9.47 Å². The van der Waals surface area contributed by atoms with Gasteiger partial charge in [0.05, 0.1) is 24.8 Å². The number of benzene rings is 2. The number of ether oxygens (including phenoxy) is 2. The van der Waals surface area contributed by atoms with E-state index in [9.17, 15) is 15.2 Å². The number of hydrogen-bond acceptors (Lipinski definition) is 7. The topological polar surface area (TPSA) is 123 Å². The summed E-state index contributed by atoms with van der Waals surface area (Å²) in [5, 5.41) is 30.5. The first-order valence-corrected chi connectivity index (χ1v) is 8.32. The second-order valence-corrected chi connectivity index (χ2v) is 6.22. The van der Waals surface area contributed by atoms with E-state index in [0.29, 0.717) is 28.4 Å². The second-order valence-electron chi connectivity index (χ2n) is 6.22. The van der Waals surface area contributed by atoms with E-state index in [-0.39, 0.29) is 0 Å². The maximum absolute atomic E-state index is 11.2. The largest absolute Gasteiger partial charge is 0.502 e. The van der Waals surface area contributed by atoms with Gasteiger partial charge in [0.2, 0.25) is 0 Å². The lowest BCUT2D eigenvalue weighted by molar-refractivity contribution is -0.385. The lowest BCUT2D eigenvalue weighted by Gasteiger charge is -2.13. The highest BCUT2D eigenvalue weighted by atomic mass is 16.6. The van der Waals surface area contributed by atoms with Crippen molar-refractivity contribution in [2.75, 3.05) is 14.2 Å². The number of nitrogens with one attached hydrogen (secondary N) is 1. The summed E-state index contributed by atoms with van der Waals surface area (Å²) in [5.41, 5.74) is 1.87. The molecule has 2 heterocycles. The summed E-state index contributed by atoms with van der Waals surface area (Å²) in [5.74, 6) is 0.645. The van der Waals surface area contributed by atoms with Gasteiger partial charge in [-0.15, -0.1) is 0 Å². The fraction of sp³-hybridized carbons (Fsp3) is 0.158. The summed E-state index contributed by atoms with van der Waals surface area (Å²) < 4.78 is 10.8. The van der Waals surface area contributed by atoms with Crippen LogP contribution in [0.1, 0.15) is 5.69 Å². The zero-order valence-electron chi connectivity index (χ0n) is 15.3. The minimum atomic E-state index is -0.637. The number of fused-ring (bicyclic) bond motifs is 3. The van der Waals surface area contributed by atoms with Crippen molar-refractivity contribution in [2.45, 2.75) is 6.92 Å². The van der Waals surface area contributed by atoms with Gasteiger partial charge in [-0.2, -0.15) is 5.10 Å². The molecule has 0 unspecified atom stereocenters. The van der Waals surface area contributed by atoms with Crippen LogP contribution in [-0.4, -0.2) is 39.4 Å². The van der Waals surface area contributed by atoms with Gasteiger partial charge < -0.3 is 14.6 Å². The molecule has 9 nitrogen and oxygen atoms in total. The predicted octanol–water partition coefficient (Wildman–Crippen LogP) is 3.72. The van der Waals surface area contributed by atoms with Crippen molar-refractivity contribution >= 4 is 27.5 Å². The number of nitrogens with zero attached hydrogens (tertiary/aromatic N) is 3. The fourth-order valence-electron chi connectivity index (χ4n) is 3.30. The number of aryl methyl sites for hydroxylation is 1. The third-order valence-corrected chi connectivity index (χ3v) is 4.64. The first-order chi connectivity index (χ1) is 13.4. The molecule has 0 saturated carbocycles. The number of methoxy groups -OCH3 is 2. The van der Waals surface area contributed by atoms with E-state index < -0.39 is 16.4 Å². The maximum Gasteiger partial charge on any atom is 0.311 e. The lowest BCUT2D eigenvalue weighted by Crippen LogP contribution is -1.95. The van der Waals surface area contributed by atoms with Gasteiger partial charge in [-0.3, -0.25) is 15.2 Å². The molecule has 0 bridgehead atoms. The number of hydrogen-bond donors (Lipinski definition) is 2. The minimum absolute atomic E-state index is 0.397. The van der Waals surface area contributed by atoms with Crippen LogP contribution in [0.5, 0.6) is 17.2 Å². The Balaban J connectivity index is 2.13. The molecule has 0 aliphatic carbocycles. The maximum atomic E-state index is 11.2. The molecule has 28 heavy (non-hydrogen) atoms. The van der Waals surface area contributed by atoms with Crippen molar-refractivity contribution in [3.63, 3.8) is 0 Å². The van der Waals surface area contributed by atoms with Crippen LogP contribution in [0.2, 0.25) is 0 Å². The van der Waals surface area contributed by atoms with Crippen LogP contribution in [0.4, 0.5) is 5.69 Å². The van der Waals surface area contributed by atoms with Gasteiger partial charge >= 0.3 is 5.69 Å². The van der Waals surface area contributed by atoms with E-state index in [1.165, 1.54) is 19.2 Å². The minimum Gasteiger partial charge on any atom is -0.502 e. The Labute approximate surface area is 158 Å². The molecule has 0 atom stereocenters. The molecule has 0 radical (unpaired) electrons. The molecular weight excluding hydrogens is 364 g/mol. The Morgan fingerprint density at radius 1 is 1.11 bits per heavy atom. The molecule has 0 aliphatic heterocycles. The number of aromatic hydroxyl groups is 1. The van der Waals surface area contributed by atoms with Crippen molar-refractivity contribution in [3.05, 3.63) is 46.1 Å². The quantitative estimate of drug-likeness (QED) is 0.408. The van der Waals surface area contributed by atoms with E-state index in [1.54, 1.807) is 19.2 Å². The number of phenols is 1. The molecule has 2 aromatic carbocycles. The molecular formula is C19H16N4O5. The summed E-state index contributed by atoms with van der Waals surface area (Å²) in [6.07, 6.45) is 0. The van der Waals surface area contributed by atoms with Crippen LogP contribution in [-0.2, 0) is 0 Å². The van der Waals surface area contributed by atoms with Crippen LogP contribution in [0.3, 0.4) is 0 Å². The summed E-state index contributed by atoms with van der Waals surface area (Å²) in [4.78, 5) is 15.2. The average Bonchev–Trinajstić information content (AvgIpc) is 3.07. The van der Waals surface area contributed by atoms with Crippen LogP contribution in [0.15, 0.2) is 30.3 Å². The third-order valence-electron chi connectivity index (χ3n) is 4.64. The van der Waals surface area contributed by atoms with E-state index >= 15 is 0 Å². The molecule has 0 aliphatic rings. The highest BCUT2D eigenvalue weighted by molar-refractivity contribution is 6.12. The van der Waals surface area contributed by atoms with Gasteiger partial charge in [0.15, 0.2) is 22.9 Å². The van der Waals surface area contributed by atoms with Gasteiger partial charge in [-0.1, -0.05) is 0 Å². The number of aromatic amines is 1. The Hall–Kier alpha value is -3.88. The number of H-pyrrole nitrogens is 1. The average molecular weight is 380 g/mol. The first-order valence-electron chi connectivity index (χ1n) is 8.32. The Morgan fingerprint density at radius 2 is 1.79 bits per heavy atom. The smallest absolute Gasteiger partial charge is 0.311 e. The molecule has 9 heteroatoms. The van der Waals surface area contributed by atoms with E-state index in [1.807, 2.05) is 13.0 Å². The predicted molar refractivity (Wildman–Crippen MR) is 103 cm³/mol. The molecule has 0 saturated heterocycles. The molecule has 2 aromatic heterocycles. The Kier molecular flexibility index (Phi) is 3.99. The fourth-order valence-corrected chi connectivity index (χ4v) is 3.30. The highest BCUT2D eigenvalue weighted by Gasteiger charge is 2.20. The first kappa shape index (κ1) is 17.5. The monoisotopic (exact) mass is 380 g/mol. The van der Waals surface area contributed by atoms with Gasteiger partial charge in [-0.25, -0.2) is 4.98 Å². The standard InChI is InChI=1S/C19H16N4O5/c1-9-17-11-7-15(27-2)16(28-3)8-12(11)18(20-19(17)22-21-9)10-4-5-14(24)13(6-10)23(25)26/h4-8,24H,1-3H3,(H,20,21,22). The molecule has 0 fully saturated rings. The summed E-state index contributed by atoms with van der Waals surface area (Å²) in [7, 11) is 3.08. The molecule has 4 aromatic rings. The van der Waals surface area contributed by atoms with Crippen molar-refractivity contribution in [2.24, 2.45) is 0 Å². The van der Waals surface area contributed by atoms with Crippen LogP contribution >= 0.6 is 0 Å². The van der Waals surface area contributed by atoms with E-state index in [2.05, 4.69) is 15.2 Å². The molecule has 4 rings (SSSR count). The number of phenolic OH excluding ortho intramolecular Hbond substituents is 1. The number of pyridine rings is 1. The van der Waals surface area contributed by atoms with Gasteiger partial charge in [0, 0.05) is 33.5 Å². The molecule has 0 amide bonds. The van der Waals surface area contributed by atoms with Crippen molar-refractivity contribution in [3.8, 4) is 28.5 Å². The number of nitro benzene ring substituents is 1. The zero-order chi connectivity index (χ0) is 20.0. The van der Waals surface area contributed by atoms with Gasteiger partial charge in [0.25, 0.3) is 0 Å². The summed E-state index contributed by atoms with van der Waals surface area (Å²) >= 11 is 0. The van der Waals surface area contributed by atoms with Crippen molar-refractivity contribution in [1.29, 1.82) is 0 Å². The lowest BCUT2D eigenvalue weighted by atomic mass is 10.00. The number of nitro groups is 1. The summed E-state index contributed by atoms with van der Waals surface area (Å²) in [6, 6.07) is 7.76. The van der Waals surface area contributed by atoms with Gasteiger partial charge in [0.1, 0.15) is 0 Å². The van der Waals surface area contributed by atoms with Crippen LogP contribution < -0.4 is 9.47 Å². The van der Waals surface area contributed by atoms with Crippen molar-refractivity contribution in [1.82, 2.24) is 15.2 Å². The van der Waals surface area contributed by atoms with E-state index in [0.717, 1.165) is 21.9 Å². The van der Waals surface area contributed by atoms with Gasteiger partial charge in [-0.05, 0) is 31.2 Å². The van der Waals surface area contributed by atoms with Crippen molar-refractivity contribution < 1.29 is 19.5 Å². The molecule has 2 N–H and O–H groups in total. The van der Waals surface area contributed by atoms with Crippen LogP contribution in [0, 0.1) is 17.0 Å². The molecule has 0 spiro atoms. The Morgan fingerprint density at radius 3 is 2.43 bits per heavy atom. The second kappa shape index (κ2) is 6.38. The van der Waals surface area contributed by atoms with Crippen LogP contribution in [0.25, 0.3) is 33.1 Å². The normalized spacial score (nSPS) is 11.1. The summed E-state index contributed by atoms with van der Waals surface area (Å²) in [6.45, 7) is 1.89. The Bertz CT molecular complexity index is 1250. The molecule has 142 valence electrons. The third kappa shape index (κ3) is 2.56. The zero-order valence-corrected chi connectivity index (χ0v) is 15.3. The number of rotatable bonds is 4. The highest BCUT2D eigenvalue weighted by Crippen LogP contribution is 2.41. The number of aromatic nitrogens is 3. The SMILES string of the molecule is COc1cc2c(-c3ccc(O)c([N+](=O)[O-])c3)nc3n[nH]c(C)c3c2cc1OC.